The van der Waals surface area contributed by atoms with Gasteiger partial charge < -0.3 is 5.73 Å². The monoisotopic (exact) mass is 270 g/mol. The molecule has 0 rings (SSSR count). The summed E-state index contributed by atoms with van der Waals surface area (Å²) in [5, 5.41) is 0. The average Bonchev–Trinajstić information content (AvgIpc) is 2.39. The van der Waals surface area contributed by atoms with Gasteiger partial charge in [-0.25, -0.2) is 0 Å². The molecule has 0 heterocycles. The highest BCUT2D eigenvalue weighted by Crippen LogP contribution is 2.19. The van der Waals surface area contributed by atoms with E-state index in [9.17, 15) is 0 Å². The molecule has 0 fully saturated rings. The summed E-state index contributed by atoms with van der Waals surface area (Å²) in [5.41, 5.74) is 6.07. The van der Waals surface area contributed by atoms with Gasteiger partial charge in [0.15, 0.2) is 0 Å². The molecule has 0 saturated carbocycles. The zero-order chi connectivity index (χ0) is 14.7. The van der Waals surface area contributed by atoms with Crippen LogP contribution in [0.25, 0.3) is 0 Å². The van der Waals surface area contributed by atoms with Crippen molar-refractivity contribution >= 4 is 0 Å². The summed E-state index contributed by atoms with van der Waals surface area (Å²) in [7, 11) is 0. The van der Waals surface area contributed by atoms with Gasteiger partial charge in [0, 0.05) is 25.2 Å². The maximum Gasteiger partial charge on any atom is 0.0221 e. The lowest BCUT2D eigenvalue weighted by Gasteiger charge is -2.38. The fraction of sp³-hybridized carbons (Fsp3) is 1.00. The molecule has 2 nitrogen and oxygen atoms in total. The summed E-state index contributed by atoms with van der Waals surface area (Å²) in [4.78, 5) is 2.70. The molecule has 0 aliphatic heterocycles. The van der Waals surface area contributed by atoms with E-state index >= 15 is 0 Å². The fourth-order valence-electron chi connectivity index (χ4n) is 3.00. The van der Waals surface area contributed by atoms with Gasteiger partial charge in [-0.1, -0.05) is 60.3 Å². The molecule has 2 N–H and O–H groups in total. The second-order valence-corrected chi connectivity index (χ2v) is 6.30. The molecule has 0 aliphatic rings. The van der Waals surface area contributed by atoms with Crippen LogP contribution in [0.1, 0.15) is 79.6 Å². The third kappa shape index (κ3) is 7.94. The van der Waals surface area contributed by atoms with Crippen LogP contribution in [0.4, 0.5) is 0 Å². The molecule has 0 spiro atoms. The molecular formula is C17H38N2. The van der Waals surface area contributed by atoms with Crippen molar-refractivity contribution < 1.29 is 0 Å². The quantitative estimate of drug-likeness (QED) is 0.532. The zero-order valence-corrected chi connectivity index (χ0v) is 14.1. The third-order valence-electron chi connectivity index (χ3n) is 4.12. The van der Waals surface area contributed by atoms with Crippen LogP contribution in [0.5, 0.6) is 0 Å². The minimum absolute atomic E-state index is 0.587. The fourth-order valence-corrected chi connectivity index (χ4v) is 3.00. The molecule has 0 aromatic carbocycles. The molecule has 1 atom stereocenters. The Morgan fingerprint density at radius 3 is 1.95 bits per heavy atom. The molecule has 116 valence electrons. The molecular weight excluding hydrogens is 232 g/mol. The van der Waals surface area contributed by atoms with Gasteiger partial charge in [-0.2, -0.15) is 0 Å². The molecule has 0 aromatic heterocycles. The number of rotatable bonds is 12. The first-order valence-corrected chi connectivity index (χ1v) is 8.56. The smallest absolute Gasteiger partial charge is 0.0221 e. The number of hydrogen-bond acceptors (Lipinski definition) is 2. The van der Waals surface area contributed by atoms with Crippen LogP contribution in [0, 0.1) is 5.92 Å². The van der Waals surface area contributed by atoms with Crippen LogP contribution >= 0.6 is 0 Å². The van der Waals surface area contributed by atoms with E-state index in [0.717, 1.165) is 12.5 Å². The second kappa shape index (κ2) is 11.7. The summed E-state index contributed by atoms with van der Waals surface area (Å²) in [6.07, 6.45) is 9.15. The van der Waals surface area contributed by atoms with Crippen LogP contribution < -0.4 is 5.73 Å². The molecule has 0 aromatic rings. The van der Waals surface area contributed by atoms with Crippen LogP contribution in [-0.4, -0.2) is 30.1 Å². The van der Waals surface area contributed by atoms with E-state index in [1.807, 2.05) is 0 Å². The highest BCUT2D eigenvalue weighted by Gasteiger charge is 2.23. The van der Waals surface area contributed by atoms with Gasteiger partial charge in [-0.15, -0.1) is 0 Å². The summed E-state index contributed by atoms with van der Waals surface area (Å²) >= 11 is 0. The van der Waals surface area contributed by atoms with E-state index in [2.05, 4.69) is 39.5 Å². The van der Waals surface area contributed by atoms with Crippen molar-refractivity contribution in [2.24, 2.45) is 11.7 Å². The van der Waals surface area contributed by atoms with Gasteiger partial charge in [0.2, 0.25) is 0 Å². The molecule has 0 aliphatic carbocycles. The number of nitrogens with two attached hydrogens (primary N) is 1. The molecule has 0 bridgehead atoms. The van der Waals surface area contributed by atoms with Gasteiger partial charge in [-0.3, -0.25) is 4.90 Å². The van der Waals surface area contributed by atoms with Crippen molar-refractivity contribution in [1.29, 1.82) is 0 Å². The van der Waals surface area contributed by atoms with Crippen LogP contribution in [0.2, 0.25) is 0 Å². The Balaban J connectivity index is 4.48. The lowest BCUT2D eigenvalue weighted by molar-refractivity contribution is 0.105. The number of unbranched alkanes of at least 4 members (excludes halogenated alkanes) is 3. The minimum atomic E-state index is 0.587. The van der Waals surface area contributed by atoms with E-state index in [4.69, 9.17) is 5.73 Å². The Hall–Kier alpha value is -0.0800. The van der Waals surface area contributed by atoms with Crippen molar-refractivity contribution in [1.82, 2.24) is 4.90 Å². The molecule has 0 amide bonds. The van der Waals surface area contributed by atoms with E-state index < -0.39 is 0 Å². The second-order valence-electron chi connectivity index (χ2n) is 6.30. The maximum atomic E-state index is 6.07. The zero-order valence-electron chi connectivity index (χ0n) is 14.1. The SMILES string of the molecule is CCCCCCC(CN)N(CC(C)C)C(CC)CC. The highest BCUT2D eigenvalue weighted by molar-refractivity contribution is 4.79. The Morgan fingerprint density at radius 2 is 1.53 bits per heavy atom. The number of nitrogens with zero attached hydrogens (tertiary/aromatic N) is 1. The molecule has 1 unspecified atom stereocenters. The van der Waals surface area contributed by atoms with Crippen molar-refractivity contribution in [2.45, 2.75) is 91.6 Å². The summed E-state index contributed by atoms with van der Waals surface area (Å²) < 4.78 is 0. The van der Waals surface area contributed by atoms with Gasteiger partial charge in [0.05, 0.1) is 0 Å². The summed E-state index contributed by atoms with van der Waals surface area (Å²) in [6, 6.07) is 1.30. The van der Waals surface area contributed by atoms with Crippen molar-refractivity contribution in [3.05, 3.63) is 0 Å². The van der Waals surface area contributed by atoms with E-state index in [-0.39, 0.29) is 0 Å². The first kappa shape index (κ1) is 18.9. The van der Waals surface area contributed by atoms with Gasteiger partial charge in [0.25, 0.3) is 0 Å². The van der Waals surface area contributed by atoms with Crippen LogP contribution in [-0.2, 0) is 0 Å². The maximum absolute atomic E-state index is 6.07. The topological polar surface area (TPSA) is 29.3 Å². The third-order valence-corrected chi connectivity index (χ3v) is 4.12. The lowest BCUT2D eigenvalue weighted by atomic mass is 10.00. The Bertz CT molecular complexity index is 188. The molecule has 0 saturated heterocycles. The minimum Gasteiger partial charge on any atom is -0.329 e. The van der Waals surface area contributed by atoms with Gasteiger partial charge >= 0.3 is 0 Å². The van der Waals surface area contributed by atoms with Gasteiger partial charge in [0.1, 0.15) is 0 Å². The average molecular weight is 271 g/mol. The predicted octanol–water partition coefficient (Wildman–Crippen LogP) is 4.43. The van der Waals surface area contributed by atoms with Crippen molar-refractivity contribution in [3.8, 4) is 0 Å². The van der Waals surface area contributed by atoms with E-state index in [0.29, 0.717) is 12.1 Å². The van der Waals surface area contributed by atoms with Crippen molar-refractivity contribution in [2.75, 3.05) is 13.1 Å². The Kier molecular flexibility index (Phi) is 11.7. The predicted molar refractivity (Wildman–Crippen MR) is 87.5 cm³/mol. The van der Waals surface area contributed by atoms with Crippen LogP contribution in [0.15, 0.2) is 0 Å². The lowest BCUT2D eigenvalue weighted by Crippen LogP contribution is -2.48. The van der Waals surface area contributed by atoms with Crippen LogP contribution in [0.3, 0.4) is 0 Å². The number of hydrogen-bond donors (Lipinski definition) is 1. The standard InChI is InChI=1S/C17H38N2/c1-6-9-10-11-12-17(13-18)19(14-15(4)5)16(7-2)8-3/h15-17H,6-14,18H2,1-5H3. The van der Waals surface area contributed by atoms with E-state index in [1.165, 1.54) is 51.5 Å². The van der Waals surface area contributed by atoms with Crippen molar-refractivity contribution in [3.63, 3.8) is 0 Å². The summed E-state index contributed by atoms with van der Waals surface area (Å²) in [6.45, 7) is 13.5. The Morgan fingerprint density at radius 1 is 0.895 bits per heavy atom. The highest BCUT2D eigenvalue weighted by atomic mass is 15.2. The van der Waals surface area contributed by atoms with Gasteiger partial charge in [-0.05, 0) is 25.2 Å². The van der Waals surface area contributed by atoms with E-state index in [1.54, 1.807) is 0 Å². The normalized spacial score (nSPS) is 13.7. The molecule has 2 heteroatoms. The first-order chi connectivity index (χ1) is 9.10. The summed E-state index contributed by atoms with van der Waals surface area (Å²) in [5.74, 6) is 0.727. The first-order valence-electron chi connectivity index (χ1n) is 8.56. The Labute approximate surface area is 122 Å². The molecule has 0 radical (unpaired) electrons. The molecule has 19 heavy (non-hydrogen) atoms. The largest absolute Gasteiger partial charge is 0.329 e.